The molecule has 0 aliphatic carbocycles. The average Bonchev–Trinajstić information content (AvgIpc) is 1.64. The lowest BCUT2D eigenvalue weighted by atomic mass is 10.0. The van der Waals surface area contributed by atoms with Crippen LogP contribution >= 0.6 is 0 Å². The number of hydrogen-bond donors (Lipinski definition) is 2. The summed E-state index contributed by atoms with van der Waals surface area (Å²) in [5, 5.41) is 0. The van der Waals surface area contributed by atoms with E-state index in [0.717, 1.165) is 0 Å². The van der Waals surface area contributed by atoms with E-state index in [0.29, 0.717) is 0 Å². The third kappa shape index (κ3) is 2.58. The van der Waals surface area contributed by atoms with Gasteiger partial charge in [0, 0.05) is 0 Å². The molecule has 0 amide bonds. The molecule has 0 heterocycles. The number of hydrazine groups is 1. The van der Waals surface area contributed by atoms with Crippen molar-refractivity contribution in [2.45, 2.75) is 26.8 Å². The monoisotopic (exact) mass is 130 g/mol. The van der Waals surface area contributed by atoms with Gasteiger partial charge in [0.15, 0.2) is 0 Å². The Bertz CT molecular complexity index is 101. The summed E-state index contributed by atoms with van der Waals surface area (Å²) in [5.74, 6) is 5.46. The zero-order valence-electron chi connectivity index (χ0n) is 6.14. The Morgan fingerprint density at radius 3 is 2.00 bits per heavy atom. The van der Waals surface area contributed by atoms with Gasteiger partial charge in [0.2, 0.25) is 0 Å². The van der Waals surface area contributed by atoms with Gasteiger partial charge in [-0.3, -0.25) is 10.6 Å². The molecule has 3 nitrogen and oxygen atoms in total. The molecule has 3 heteroatoms. The fraction of sp³-hybridized carbons (Fsp3) is 0.833. The summed E-state index contributed by atoms with van der Waals surface area (Å²) in [6.45, 7) is 5.43. The van der Waals surface area contributed by atoms with Gasteiger partial charge in [-0.05, 0) is 12.8 Å². The van der Waals surface area contributed by atoms with Crippen LogP contribution in [0.2, 0.25) is 0 Å². The van der Waals surface area contributed by atoms with Gasteiger partial charge in [-0.1, -0.05) is 13.8 Å². The fourth-order valence-electron chi connectivity index (χ4n) is 0.779. The van der Waals surface area contributed by atoms with E-state index in [2.05, 4.69) is 5.43 Å². The predicted molar refractivity (Wildman–Crippen MR) is 36.6 cm³/mol. The van der Waals surface area contributed by atoms with Gasteiger partial charge < -0.3 is 0 Å². The number of nitrogens with one attached hydrogen (secondary N) is 1. The smallest absolute Gasteiger partial charge is 0.148 e. The van der Waals surface area contributed by atoms with Crippen molar-refractivity contribution < 1.29 is 4.79 Å². The number of Topliss-reactive ketones (excluding diaryl/α,β-unsaturated/α-hetero) is 1. The van der Waals surface area contributed by atoms with E-state index in [9.17, 15) is 4.79 Å². The van der Waals surface area contributed by atoms with Gasteiger partial charge in [-0.25, -0.2) is 5.43 Å². The first-order chi connectivity index (χ1) is 4.09. The minimum atomic E-state index is -0.190. The zero-order chi connectivity index (χ0) is 7.44. The first kappa shape index (κ1) is 8.59. The normalized spacial score (nSPS) is 13.9. The Morgan fingerprint density at radius 1 is 1.56 bits per heavy atom. The van der Waals surface area contributed by atoms with Gasteiger partial charge in [0.1, 0.15) is 5.78 Å². The maximum Gasteiger partial charge on any atom is 0.148 e. The third-order valence-corrected chi connectivity index (χ3v) is 1.28. The van der Waals surface area contributed by atoms with Crippen molar-refractivity contribution in [3.63, 3.8) is 0 Å². The molecule has 0 aliphatic rings. The zero-order valence-corrected chi connectivity index (χ0v) is 6.14. The fourth-order valence-corrected chi connectivity index (χ4v) is 0.779. The van der Waals surface area contributed by atoms with Gasteiger partial charge in [0.25, 0.3) is 0 Å². The standard InChI is InChI=1S/C6H14N2O/c1-4(2)6(8-7)5(3)9/h4,6,8H,7H2,1-3H3/t6-/m0/s1. The minimum absolute atomic E-state index is 0.0903. The van der Waals surface area contributed by atoms with Crippen molar-refractivity contribution in [1.82, 2.24) is 5.43 Å². The second-order valence-electron chi connectivity index (χ2n) is 2.50. The van der Waals surface area contributed by atoms with Crippen LogP contribution in [0.25, 0.3) is 0 Å². The van der Waals surface area contributed by atoms with E-state index in [1.54, 1.807) is 0 Å². The van der Waals surface area contributed by atoms with E-state index in [1.165, 1.54) is 6.92 Å². The van der Waals surface area contributed by atoms with Gasteiger partial charge in [-0.2, -0.15) is 0 Å². The summed E-state index contributed by atoms with van der Waals surface area (Å²) in [6.07, 6.45) is 0. The van der Waals surface area contributed by atoms with Crippen molar-refractivity contribution in [2.24, 2.45) is 11.8 Å². The Kier molecular flexibility index (Phi) is 3.42. The molecule has 0 aromatic heterocycles. The molecule has 0 spiro atoms. The molecule has 0 bridgehead atoms. The number of carbonyl (C=O) groups is 1. The quantitative estimate of drug-likeness (QED) is 0.419. The molecular formula is C6H14N2O. The maximum absolute atomic E-state index is 10.7. The topological polar surface area (TPSA) is 55.1 Å². The minimum Gasteiger partial charge on any atom is -0.298 e. The molecule has 54 valence electrons. The first-order valence-corrected chi connectivity index (χ1v) is 3.06. The van der Waals surface area contributed by atoms with E-state index in [4.69, 9.17) is 5.84 Å². The maximum atomic E-state index is 10.7. The van der Waals surface area contributed by atoms with Gasteiger partial charge in [0.05, 0.1) is 6.04 Å². The lowest BCUT2D eigenvalue weighted by Gasteiger charge is -2.15. The Balaban J connectivity index is 3.83. The van der Waals surface area contributed by atoms with Gasteiger partial charge >= 0.3 is 0 Å². The van der Waals surface area contributed by atoms with Crippen molar-refractivity contribution >= 4 is 5.78 Å². The third-order valence-electron chi connectivity index (χ3n) is 1.28. The molecule has 0 saturated heterocycles. The molecule has 0 aliphatic heterocycles. The lowest BCUT2D eigenvalue weighted by Crippen LogP contribution is -2.43. The molecule has 3 N–H and O–H groups in total. The molecule has 0 radical (unpaired) electrons. The Labute approximate surface area is 55.6 Å². The molecule has 0 aromatic rings. The second-order valence-corrected chi connectivity index (χ2v) is 2.50. The summed E-state index contributed by atoms with van der Waals surface area (Å²) in [6, 6.07) is -0.190. The highest BCUT2D eigenvalue weighted by Gasteiger charge is 2.14. The molecule has 0 rings (SSSR count). The van der Waals surface area contributed by atoms with Crippen LogP contribution in [-0.4, -0.2) is 11.8 Å². The summed E-state index contributed by atoms with van der Waals surface area (Å²) < 4.78 is 0. The van der Waals surface area contributed by atoms with Crippen molar-refractivity contribution in [1.29, 1.82) is 0 Å². The van der Waals surface area contributed by atoms with E-state index >= 15 is 0 Å². The molecule has 9 heavy (non-hydrogen) atoms. The van der Waals surface area contributed by atoms with Crippen LogP contribution in [0.15, 0.2) is 0 Å². The number of carbonyl (C=O) groups excluding carboxylic acids is 1. The van der Waals surface area contributed by atoms with Crippen molar-refractivity contribution in [3.05, 3.63) is 0 Å². The molecule has 0 aromatic carbocycles. The molecule has 0 saturated carbocycles. The summed E-state index contributed by atoms with van der Waals surface area (Å²) in [5.41, 5.74) is 2.45. The van der Waals surface area contributed by atoms with Crippen LogP contribution in [-0.2, 0) is 4.79 Å². The first-order valence-electron chi connectivity index (χ1n) is 3.06. The van der Waals surface area contributed by atoms with E-state index in [-0.39, 0.29) is 17.7 Å². The summed E-state index contributed by atoms with van der Waals surface area (Å²) >= 11 is 0. The SMILES string of the molecule is CC(=O)[C@@H](NN)C(C)C. The number of ketones is 1. The summed E-state index contributed by atoms with van der Waals surface area (Å²) in [7, 11) is 0. The number of rotatable bonds is 3. The van der Waals surface area contributed by atoms with Gasteiger partial charge in [-0.15, -0.1) is 0 Å². The van der Waals surface area contributed by atoms with Crippen LogP contribution in [0.4, 0.5) is 0 Å². The predicted octanol–water partition coefficient (Wildman–Crippen LogP) is 0.0633. The molecule has 0 fully saturated rings. The van der Waals surface area contributed by atoms with E-state index < -0.39 is 0 Å². The van der Waals surface area contributed by atoms with E-state index in [1.807, 2.05) is 13.8 Å². The second kappa shape index (κ2) is 3.58. The van der Waals surface area contributed by atoms with Crippen LogP contribution < -0.4 is 11.3 Å². The largest absolute Gasteiger partial charge is 0.298 e. The highest BCUT2D eigenvalue weighted by Crippen LogP contribution is 1.99. The highest BCUT2D eigenvalue weighted by atomic mass is 16.1. The molecule has 1 atom stereocenters. The Hall–Kier alpha value is -0.410. The highest BCUT2D eigenvalue weighted by molar-refractivity contribution is 5.81. The Morgan fingerprint density at radius 2 is 2.00 bits per heavy atom. The van der Waals surface area contributed by atoms with Crippen LogP contribution in [0.5, 0.6) is 0 Å². The average molecular weight is 130 g/mol. The van der Waals surface area contributed by atoms with Crippen molar-refractivity contribution in [3.8, 4) is 0 Å². The van der Waals surface area contributed by atoms with Crippen LogP contribution in [0.1, 0.15) is 20.8 Å². The number of nitrogens with two attached hydrogens (primary N) is 1. The number of hydrogen-bond acceptors (Lipinski definition) is 3. The van der Waals surface area contributed by atoms with Crippen molar-refractivity contribution in [2.75, 3.05) is 0 Å². The summed E-state index contributed by atoms with van der Waals surface area (Å²) in [4.78, 5) is 10.7. The lowest BCUT2D eigenvalue weighted by molar-refractivity contribution is -0.119. The van der Waals surface area contributed by atoms with Crippen LogP contribution in [0, 0.1) is 5.92 Å². The molecular weight excluding hydrogens is 116 g/mol. The molecule has 0 unspecified atom stereocenters. The van der Waals surface area contributed by atoms with Crippen LogP contribution in [0.3, 0.4) is 0 Å².